The Morgan fingerprint density at radius 2 is 1.62 bits per heavy atom. The van der Waals surface area contributed by atoms with Gasteiger partial charge in [0.2, 0.25) is 0 Å². The summed E-state index contributed by atoms with van der Waals surface area (Å²) in [5, 5.41) is 7.19. The quantitative estimate of drug-likeness (QED) is 0.499. The number of hydrogen-bond acceptors (Lipinski definition) is 5. The molecular formula is C25H41N5O2. The van der Waals surface area contributed by atoms with Crippen molar-refractivity contribution in [2.24, 2.45) is 4.99 Å². The molecule has 1 saturated carbocycles. The van der Waals surface area contributed by atoms with E-state index in [1.807, 2.05) is 0 Å². The van der Waals surface area contributed by atoms with E-state index in [0.29, 0.717) is 6.54 Å². The molecular weight excluding hydrogens is 402 g/mol. The minimum atomic E-state index is 0.226. The molecule has 7 heteroatoms. The van der Waals surface area contributed by atoms with Gasteiger partial charge in [-0.1, -0.05) is 37.5 Å². The topological polar surface area (TPSA) is 61.4 Å². The van der Waals surface area contributed by atoms with Gasteiger partial charge in [0, 0.05) is 50.5 Å². The van der Waals surface area contributed by atoms with Gasteiger partial charge in [-0.05, 0) is 31.4 Å². The Kier molecular flexibility index (Phi) is 8.65. The lowest BCUT2D eigenvalue weighted by atomic mass is 9.80. The van der Waals surface area contributed by atoms with E-state index >= 15 is 0 Å². The first-order valence-electron chi connectivity index (χ1n) is 12.6. The van der Waals surface area contributed by atoms with Crippen LogP contribution in [0.25, 0.3) is 0 Å². The first-order chi connectivity index (χ1) is 15.8. The lowest BCUT2D eigenvalue weighted by molar-refractivity contribution is -0.0352. The molecule has 3 fully saturated rings. The maximum Gasteiger partial charge on any atom is 0.191 e. The number of morpholine rings is 2. The van der Waals surface area contributed by atoms with Crippen LogP contribution in [0.3, 0.4) is 0 Å². The standard InChI is InChI=1S/C25H41N5O2/c1-2-26-24(27-20-22-8-4-5-9-23(22)29-12-16-31-17-13-29)28-21-25(10-6-3-7-11-25)30-14-18-32-19-15-30/h4-5,8-9H,2-3,6-7,10-21H2,1H3,(H2,26,27,28). The van der Waals surface area contributed by atoms with Crippen molar-refractivity contribution in [2.75, 3.05) is 70.6 Å². The van der Waals surface area contributed by atoms with Crippen LogP contribution in [-0.2, 0) is 16.0 Å². The SMILES string of the molecule is CCNC(=NCc1ccccc1N1CCOCC1)NCC1(N2CCOCC2)CCCCC1. The second kappa shape index (κ2) is 11.9. The van der Waals surface area contributed by atoms with E-state index in [1.165, 1.54) is 43.4 Å². The lowest BCUT2D eigenvalue weighted by Gasteiger charge is -2.48. The van der Waals surface area contributed by atoms with Crippen molar-refractivity contribution in [1.82, 2.24) is 15.5 Å². The van der Waals surface area contributed by atoms with Crippen LogP contribution < -0.4 is 15.5 Å². The minimum Gasteiger partial charge on any atom is -0.379 e. The third kappa shape index (κ3) is 5.94. The highest BCUT2D eigenvalue weighted by molar-refractivity contribution is 5.80. The molecule has 0 amide bonds. The zero-order valence-corrected chi connectivity index (χ0v) is 19.8. The van der Waals surface area contributed by atoms with E-state index in [9.17, 15) is 0 Å². The molecule has 1 aromatic carbocycles. The number of rotatable bonds is 7. The number of benzene rings is 1. The Bertz CT molecular complexity index is 723. The number of aliphatic imine (C=N–C) groups is 1. The van der Waals surface area contributed by atoms with Gasteiger partial charge >= 0.3 is 0 Å². The van der Waals surface area contributed by atoms with Crippen molar-refractivity contribution >= 4 is 11.6 Å². The predicted octanol–water partition coefficient (Wildman–Crippen LogP) is 2.61. The van der Waals surface area contributed by atoms with Gasteiger partial charge in [0.25, 0.3) is 0 Å². The first-order valence-corrected chi connectivity index (χ1v) is 12.6. The maximum atomic E-state index is 5.64. The van der Waals surface area contributed by atoms with Crippen molar-refractivity contribution < 1.29 is 9.47 Å². The summed E-state index contributed by atoms with van der Waals surface area (Å²) in [5.74, 6) is 0.919. The van der Waals surface area contributed by atoms with Crippen LogP contribution in [0.1, 0.15) is 44.6 Å². The van der Waals surface area contributed by atoms with E-state index < -0.39 is 0 Å². The van der Waals surface area contributed by atoms with Crippen LogP contribution in [0.4, 0.5) is 5.69 Å². The molecule has 4 rings (SSSR count). The maximum absolute atomic E-state index is 5.64. The Balaban J connectivity index is 1.44. The molecule has 178 valence electrons. The number of nitrogens with one attached hydrogen (secondary N) is 2. The largest absolute Gasteiger partial charge is 0.379 e. The van der Waals surface area contributed by atoms with Crippen molar-refractivity contribution in [2.45, 2.75) is 51.1 Å². The Morgan fingerprint density at radius 3 is 2.34 bits per heavy atom. The van der Waals surface area contributed by atoms with Crippen LogP contribution in [0.15, 0.2) is 29.3 Å². The minimum absolute atomic E-state index is 0.226. The highest BCUT2D eigenvalue weighted by Crippen LogP contribution is 2.34. The highest BCUT2D eigenvalue weighted by Gasteiger charge is 2.38. The zero-order valence-electron chi connectivity index (χ0n) is 19.8. The molecule has 0 aromatic heterocycles. The Hall–Kier alpha value is -1.83. The van der Waals surface area contributed by atoms with Gasteiger partial charge in [0.15, 0.2) is 5.96 Å². The number of hydrogen-bond donors (Lipinski definition) is 2. The summed E-state index contributed by atoms with van der Waals surface area (Å²) < 4.78 is 11.2. The monoisotopic (exact) mass is 443 g/mol. The molecule has 0 spiro atoms. The highest BCUT2D eigenvalue weighted by atomic mass is 16.5. The zero-order chi connectivity index (χ0) is 22.1. The molecule has 3 aliphatic rings. The van der Waals surface area contributed by atoms with Crippen LogP contribution in [0.2, 0.25) is 0 Å². The van der Waals surface area contributed by atoms with E-state index in [1.54, 1.807) is 0 Å². The van der Waals surface area contributed by atoms with Gasteiger partial charge in [0.1, 0.15) is 0 Å². The average molecular weight is 444 g/mol. The molecule has 1 aliphatic carbocycles. The number of para-hydroxylation sites is 1. The third-order valence-corrected chi connectivity index (χ3v) is 7.15. The molecule has 0 radical (unpaired) electrons. The van der Waals surface area contributed by atoms with E-state index in [4.69, 9.17) is 14.5 Å². The summed E-state index contributed by atoms with van der Waals surface area (Å²) in [6.45, 7) is 11.9. The van der Waals surface area contributed by atoms with Crippen LogP contribution >= 0.6 is 0 Å². The summed E-state index contributed by atoms with van der Waals surface area (Å²) in [6, 6.07) is 8.65. The molecule has 2 N–H and O–H groups in total. The summed E-state index contributed by atoms with van der Waals surface area (Å²) in [4.78, 5) is 10.1. The molecule has 7 nitrogen and oxygen atoms in total. The average Bonchev–Trinajstić information content (AvgIpc) is 2.87. The molecule has 0 atom stereocenters. The fraction of sp³-hybridized carbons (Fsp3) is 0.720. The van der Waals surface area contributed by atoms with Gasteiger partial charge in [-0.25, -0.2) is 4.99 Å². The van der Waals surface area contributed by atoms with Gasteiger partial charge in [-0.15, -0.1) is 0 Å². The summed E-state index contributed by atoms with van der Waals surface area (Å²) in [5.41, 5.74) is 2.78. The first kappa shape index (κ1) is 23.3. The second-order valence-electron chi connectivity index (χ2n) is 9.16. The van der Waals surface area contributed by atoms with Crippen molar-refractivity contribution in [3.8, 4) is 0 Å². The summed E-state index contributed by atoms with van der Waals surface area (Å²) in [7, 11) is 0. The van der Waals surface area contributed by atoms with Gasteiger partial charge in [-0.2, -0.15) is 0 Å². The molecule has 0 unspecified atom stereocenters. The fourth-order valence-corrected chi connectivity index (χ4v) is 5.36. The van der Waals surface area contributed by atoms with Gasteiger partial charge in [-0.3, -0.25) is 4.90 Å². The Morgan fingerprint density at radius 1 is 0.938 bits per heavy atom. The van der Waals surface area contributed by atoms with Crippen molar-refractivity contribution in [3.63, 3.8) is 0 Å². The van der Waals surface area contributed by atoms with E-state index in [2.05, 4.69) is 51.6 Å². The van der Waals surface area contributed by atoms with Crippen LogP contribution in [0, 0.1) is 0 Å². The van der Waals surface area contributed by atoms with Crippen LogP contribution in [-0.4, -0.2) is 82.1 Å². The number of nitrogens with zero attached hydrogens (tertiary/aromatic N) is 3. The van der Waals surface area contributed by atoms with Crippen molar-refractivity contribution in [1.29, 1.82) is 0 Å². The number of anilines is 1. The molecule has 2 aliphatic heterocycles. The molecule has 1 aromatic rings. The summed E-state index contributed by atoms with van der Waals surface area (Å²) in [6.07, 6.45) is 6.52. The molecule has 0 bridgehead atoms. The number of guanidine groups is 1. The van der Waals surface area contributed by atoms with Gasteiger partial charge in [0.05, 0.1) is 33.0 Å². The second-order valence-corrected chi connectivity index (χ2v) is 9.16. The number of ether oxygens (including phenoxy) is 2. The smallest absolute Gasteiger partial charge is 0.191 e. The fourth-order valence-electron chi connectivity index (χ4n) is 5.36. The third-order valence-electron chi connectivity index (χ3n) is 7.15. The van der Waals surface area contributed by atoms with Gasteiger partial charge < -0.3 is 25.0 Å². The molecule has 2 saturated heterocycles. The normalized spacial score (nSPS) is 22.5. The van der Waals surface area contributed by atoms with Crippen LogP contribution in [0.5, 0.6) is 0 Å². The molecule has 32 heavy (non-hydrogen) atoms. The predicted molar refractivity (Wildman–Crippen MR) is 131 cm³/mol. The van der Waals surface area contributed by atoms with E-state index in [-0.39, 0.29) is 5.54 Å². The molecule has 2 heterocycles. The Labute approximate surface area is 193 Å². The van der Waals surface area contributed by atoms with E-state index in [0.717, 1.165) is 71.7 Å². The lowest BCUT2D eigenvalue weighted by Crippen LogP contribution is -2.60. The summed E-state index contributed by atoms with van der Waals surface area (Å²) >= 11 is 0. The van der Waals surface area contributed by atoms with Crippen molar-refractivity contribution in [3.05, 3.63) is 29.8 Å².